The molecule has 1 aromatic heterocycles. The Labute approximate surface area is 227 Å². The first-order valence-electron chi connectivity index (χ1n) is 11.6. The average molecular weight is 577 g/mol. The quantitative estimate of drug-likeness (QED) is 0.244. The van der Waals surface area contributed by atoms with Crippen LogP contribution in [0.5, 0.6) is 0 Å². The van der Waals surface area contributed by atoms with E-state index in [1.165, 1.54) is 6.20 Å². The molecule has 1 atom stereocenters. The molecule has 2 amide bonds. The number of aromatic nitrogens is 2. The van der Waals surface area contributed by atoms with E-state index in [2.05, 4.69) is 37.0 Å². The molecule has 0 spiro atoms. The lowest BCUT2D eigenvalue weighted by molar-refractivity contribution is -0.113. The van der Waals surface area contributed by atoms with Gasteiger partial charge in [-0.05, 0) is 67.9 Å². The van der Waals surface area contributed by atoms with Crippen LogP contribution >= 0.6 is 27.5 Å². The number of allylic oxidation sites excluding steroid dienone is 1. The highest BCUT2D eigenvalue weighted by Gasteiger charge is 2.35. The van der Waals surface area contributed by atoms with Gasteiger partial charge in [-0.2, -0.15) is 5.10 Å². The first kappa shape index (κ1) is 24.8. The van der Waals surface area contributed by atoms with Crippen molar-refractivity contribution in [2.75, 3.05) is 16.0 Å². The molecule has 0 saturated heterocycles. The Morgan fingerprint density at radius 2 is 1.49 bits per heavy atom. The number of benzene rings is 3. The molecule has 186 valence electrons. The van der Waals surface area contributed by atoms with Gasteiger partial charge >= 0.3 is 0 Å². The minimum atomic E-state index is -0.558. The zero-order valence-electron chi connectivity index (χ0n) is 20.0. The van der Waals surface area contributed by atoms with Crippen molar-refractivity contribution in [3.8, 4) is 0 Å². The topological polar surface area (TPSA) is 88.0 Å². The predicted molar refractivity (Wildman–Crippen MR) is 150 cm³/mol. The predicted octanol–water partition coefficient (Wildman–Crippen LogP) is 6.79. The summed E-state index contributed by atoms with van der Waals surface area (Å²) in [6.07, 6.45) is 1.52. The number of halogens is 2. The lowest BCUT2D eigenvalue weighted by Crippen LogP contribution is -2.32. The molecule has 7 nitrogen and oxygen atoms in total. The second kappa shape index (κ2) is 10.2. The Morgan fingerprint density at radius 1 is 0.892 bits per heavy atom. The monoisotopic (exact) mass is 575 g/mol. The molecule has 0 fully saturated rings. The van der Waals surface area contributed by atoms with E-state index in [-0.39, 0.29) is 11.8 Å². The molecule has 0 unspecified atom stereocenters. The van der Waals surface area contributed by atoms with E-state index in [9.17, 15) is 9.59 Å². The van der Waals surface area contributed by atoms with Crippen LogP contribution in [0.1, 0.15) is 34.5 Å². The van der Waals surface area contributed by atoms with Gasteiger partial charge in [0.15, 0.2) is 0 Å². The maximum Gasteiger partial charge on any atom is 0.261 e. The Morgan fingerprint density at radius 3 is 2.14 bits per heavy atom. The van der Waals surface area contributed by atoms with E-state index in [0.717, 1.165) is 15.6 Å². The minimum absolute atomic E-state index is 0.285. The van der Waals surface area contributed by atoms with Gasteiger partial charge in [-0.1, -0.05) is 57.4 Å². The van der Waals surface area contributed by atoms with Crippen LogP contribution in [0.3, 0.4) is 0 Å². The second-order valence-electron chi connectivity index (χ2n) is 8.75. The van der Waals surface area contributed by atoms with Gasteiger partial charge in [0.1, 0.15) is 17.4 Å². The molecule has 2 heterocycles. The van der Waals surface area contributed by atoms with Crippen molar-refractivity contribution in [2.45, 2.75) is 19.9 Å². The number of hydrogen-bond acceptors (Lipinski definition) is 4. The van der Waals surface area contributed by atoms with Gasteiger partial charge in [0, 0.05) is 26.6 Å². The zero-order valence-corrected chi connectivity index (χ0v) is 22.4. The molecule has 0 saturated carbocycles. The van der Waals surface area contributed by atoms with Crippen LogP contribution in [0.4, 0.5) is 17.2 Å². The van der Waals surface area contributed by atoms with Crippen molar-refractivity contribution in [2.24, 2.45) is 0 Å². The highest BCUT2D eigenvalue weighted by Crippen LogP contribution is 2.38. The number of anilines is 3. The molecule has 37 heavy (non-hydrogen) atoms. The van der Waals surface area contributed by atoms with Crippen molar-refractivity contribution < 1.29 is 9.59 Å². The summed E-state index contributed by atoms with van der Waals surface area (Å²) in [6, 6.07) is 21.6. The third-order valence-electron chi connectivity index (χ3n) is 6.11. The Balaban J connectivity index is 1.52. The normalized spacial score (nSPS) is 14.5. The summed E-state index contributed by atoms with van der Waals surface area (Å²) in [7, 11) is 0. The fourth-order valence-electron chi connectivity index (χ4n) is 4.24. The number of carbonyl (C=O) groups excluding carboxylic acids is 2. The number of carbonyl (C=O) groups is 2. The standard InChI is InChI=1S/C28H23BrClN5O2/c1-16-3-11-21(12-4-16)33-27(36)23-15-31-35-25(18-5-7-19(29)8-6-18)24(17(2)32-26(23)35)28(37)34-22-13-9-20(30)10-14-22/h3-15,25,32H,1-2H3,(H,33,36)(H,34,37)/t25-/m0/s1. The van der Waals surface area contributed by atoms with Crippen LogP contribution < -0.4 is 16.0 Å². The molecule has 3 N–H and O–H groups in total. The van der Waals surface area contributed by atoms with E-state index in [4.69, 9.17) is 11.6 Å². The summed E-state index contributed by atoms with van der Waals surface area (Å²) in [4.78, 5) is 26.8. The molecule has 1 aliphatic heterocycles. The molecule has 0 aliphatic carbocycles. The third kappa shape index (κ3) is 5.16. The molecular weight excluding hydrogens is 554 g/mol. The van der Waals surface area contributed by atoms with E-state index >= 15 is 0 Å². The average Bonchev–Trinajstić information content (AvgIpc) is 3.30. The minimum Gasteiger partial charge on any atom is -0.343 e. The number of aryl methyl sites for hydroxylation is 1. The van der Waals surface area contributed by atoms with Crippen LogP contribution in [0.25, 0.3) is 0 Å². The van der Waals surface area contributed by atoms with E-state index in [1.54, 1.807) is 28.9 Å². The first-order chi connectivity index (χ1) is 17.8. The summed E-state index contributed by atoms with van der Waals surface area (Å²) in [5, 5.41) is 14.3. The Hall–Kier alpha value is -3.88. The number of nitrogens with zero attached hydrogens (tertiary/aromatic N) is 2. The fourth-order valence-corrected chi connectivity index (χ4v) is 4.63. The SMILES string of the molecule is CC1=C(C(=O)Nc2ccc(Cl)cc2)[C@H](c2ccc(Br)cc2)n2ncc(C(=O)Nc3ccc(C)cc3)c2N1. The Kier molecular flexibility index (Phi) is 6.86. The molecule has 0 bridgehead atoms. The zero-order chi connectivity index (χ0) is 26.1. The van der Waals surface area contributed by atoms with Gasteiger partial charge < -0.3 is 16.0 Å². The van der Waals surface area contributed by atoms with Gasteiger partial charge in [0.2, 0.25) is 0 Å². The Bertz CT molecular complexity index is 1510. The van der Waals surface area contributed by atoms with Crippen LogP contribution in [-0.2, 0) is 4.79 Å². The van der Waals surface area contributed by atoms with Crippen molar-refractivity contribution in [1.82, 2.24) is 9.78 Å². The van der Waals surface area contributed by atoms with Gasteiger partial charge in [-0.15, -0.1) is 0 Å². The van der Waals surface area contributed by atoms with Crippen molar-refractivity contribution in [3.05, 3.63) is 116 Å². The largest absolute Gasteiger partial charge is 0.343 e. The van der Waals surface area contributed by atoms with Crippen LogP contribution in [0.2, 0.25) is 5.02 Å². The number of nitrogens with one attached hydrogen (secondary N) is 3. The highest BCUT2D eigenvalue weighted by molar-refractivity contribution is 9.10. The van der Waals surface area contributed by atoms with Crippen molar-refractivity contribution >= 4 is 56.5 Å². The number of rotatable bonds is 5. The van der Waals surface area contributed by atoms with Gasteiger partial charge in [0.25, 0.3) is 11.8 Å². The molecule has 0 radical (unpaired) electrons. The lowest BCUT2D eigenvalue weighted by Gasteiger charge is -2.30. The summed E-state index contributed by atoms with van der Waals surface area (Å²) in [5.41, 5.74) is 4.74. The highest BCUT2D eigenvalue weighted by atomic mass is 79.9. The molecule has 3 aromatic carbocycles. The van der Waals surface area contributed by atoms with E-state index < -0.39 is 6.04 Å². The summed E-state index contributed by atoms with van der Waals surface area (Å²) in [6.45, 7) is 3.81. The molecule has 9 heteroatoms. The fraction of sp³-hybridized carbons (Fsp3) is 0.107. The first-order valence-corrected chi connectivity index (χ1v) is 12.7. The molecule has 4 aromatic rings. The van der Waals surface area contributed by atoms with Crippen LogP contribution in [0, 0.1) is 6.92 Å². The number of fused-ring (bicyclic) bond motifs is 1. The maximum atomic E-state index is 13.6. The van der Waals surface area contributed by atoms with E-state index in [0.29, 0.717) is 39.0 Å². The molecule has 1 aliphatic rings. The summed E-state index contributed by atoms with van der Waals surface area (Å²) in [5.74, 6) is -0.0702. The van der Waals surface area contributed by atoms with Crippen LogP contribution in [0.15, 0.2) is 94.7 Å². The second-order valence-corrected chi connectivity index (χ2v) is 10.1. The lowest BCUT2D eigenvalue weighted by atomic mass is 9.94. The van der Waals surface area contributed by atoms with Crippen molar-refractivity contribution in [3.63, 3.8) is 0 Å². The summed E-state index contributed by atoms with van der Waals surface area (Å²) >= 11 is 9.47. The van der Waals surface area contributed by atoms with Crippen molar-refractivity contribution in [1.29, 1.82) is 0 Å². The summed E-state index contributed by atoms with van der Waals surface area (Å²) < 4.78 is 2.59. The molecule has 5 rings (SSSR count). The maximum absolute atomic E-state index is 13.6. The van der Waals surface area contributed by atoms with E-state index in [1.807, 2.05) is 62.4 Å². The van der Waals surface area contributed by atoms with Gasteiger partial charge in [-0.3, -0.25) is 9.59 Å². The molecular formula is C28H23BrClN5O2. The number of hydrogen-bond donors (Lipinski definition) is 3. The van der Waals surface area contributed by atoms with Crippen LogP contribution in [-0.4, -0.2) is 21.6 Å². The number of amides is 2. The van der Waals surface area contributed by atoms with Gasteiger partial charge in [-0.25, -0.2) is 4.68 Å². The smallest absolute Gasteiger partial charge is 0.261 e. The third-order valence-corrected chi connectivity index (χ3v) is 6.89. The van der Waals surface area contributed by atoms with Gasteiger partial charge in [0.05, 0.1) is 11.8 Å².